The number of nitrogens with zero attached hydrogens (tertiary/aromatic N) is 2. The zero-order chi connectivity index (χ0) is 16.0. The number of rotatable bonds is 8. The zero-order valence-electron chi connectivity index (χ0n) is 13.5. The fourth-order valence-corrected chi connectivity index (χ4v) is 2.49. The average Bonchev–Trinajstić information content (AvgIpc) is 2.42. The van der Waals surface area contributed by atoms with E-state index >= 15 is 0 Å². The molecule has 0 aliphatic carbocycles. The summed E-state index contributed by atoms with van der Waals surface area (Å²) < 4.78 is 1.69. The first-order valence-corrected chi connectivity index (χ1v) is 7.68. The molecule has 1 rings (SSSR count). The van der Waals surface area contributed by atoms with E-state index in [2.05, 4.69) is 11.9 Å². The Morgan fingerprint density at radius 3 is 2.52 bits per heavy atom. The molecule has 0 aliphatic heterocycles. The highest BCUT2D eigenvalue weighted by Gasteiger charge is 2.18. The molecule has 21 heavy (non-hydrogen) atoms. The molecule has 0 radical (unpaired) electrons. The maximum Gasteiger partial charge on any atom is 0.347 e. The molecule has 0 aromatic carbocycles. The number of aryl methyl sites for hydroxylation is 1. The van der Waals surface area contributed by atoms with Crippen molar-refractivity contribution in [1.82, 2.24) is 9.55 Å². The van der Waals surface area contributed by atoms with Crippen molar-refractivity contribution in [3.05, 3.63) is 27.4 Å². The van der Waals surface area contributed by atoms with Crippen molar-refractivity contribution < 1.29 is 9.90 Å². The molecule has 1 aromatic heterocycles. The van der Waals surface area contributed by atoms with E-state index in [-0.39, 0.29) is 5.69 Å². The van der Waals surface area contributed by atoms with Gasteiger partial charge in [-0.15, -0.1) is 0 Å². The lowest BCUT2D eigenvalue weighted by Gasteiger charge is -2.17. The molecule has 118 valence electrons. The quantitative estimate of drug-likeness (QED) is 0.748. The molecule has 1 heterocycles. The summed E-state index contributed by atoms with van der Waals surface area (Å²) in [5, 5.41) is 9.06. The maximum absolute atomic E-state index is 12.0. The summed E-state index contributed by atoms with van der Waals surface area (Å²) in [6, 6.07) is 0. The van der Waals surface area contributed by atoms with E-state index in [1.807, 2.05) is 6.92 Å². The minimum absolute atomic E-state index is 0.228. The van der Waals surface area contributed by atoms with Crippen molar-refractivity contribution in [3.63, 3.8) is 0 Å². The van der Waals surface area contributed by atoms with Crippen molar-refractivity contribution in [3.8, 4) is 0 Å². The van der Waals surface area contributed by atoms with E-state index in [4.69, 9.17) is 5.11 Å². The number of carboxylic acids is 1. The molecule has 1 aromatic rings. The molecule has 0 amide bonds. The summed E-state index contributed by atoms with van der Waals surface area (Å²) >= 11 is 0. The van der Waals surface area contributed by atoms with Gasteiger partial charge < -0.3 is 5.11 Å². The monoisotopic (exact) mass is 294 g/mol. The summed E-state index contributed by atoms with van der Waals surface area (Å²) in [7, 11) is 0. The van der Waals surface area contributed by atoms with Gasteiger partial charge in [0.05, 0.1) is 5.92 Å². The summed E-state index contributed by atoms with van der Waals surface area (Å²) in [5.41, 5.74) is 2.17. The van der Waals surface area contributed by atoms with E-state index in [1.54, 1.807) is 18.4 Å². The second kappa shape index (κ2) is 7.96. The van der Waals surface area contributed by atoms with Crippen LogP contribution in [0.3, 0.4) is 0 Å². The summed E-state index contributed by atoms with van der Waals surface area (Å²) in [5.74, 6) is -1.30. The third-order valence-electron chi connectivity index (χ3n) is 3.94. The van der Waals surface area contributed by atoms with E-state index in [0.717, 1.165) is 36.9 Å². The number of hydrogen-bond donors (Lipinski definition) is 1. The predicted octanol–water partition coefficient (Wildman–Crippen LogP) is 2.70. The Labute approximate surface area is 126 Å². The summed E-state index contributed by atoms with van der Waals surface area (Å²) in [6.45, 7) is 8.15. The topological polar surface area (TPSA) is 72.2 Å². The van der Waals surface area contributed by atoms with Crippen molar-refractivity contribution in [1.29, 1.82) is 0 Å². The molecule has 0 bridgehead atoms. The number of unbranched alkanes of at least 4 members (excludes halogenated alkanes) is 3. The lowest BCUT2D eigenvalue weighted by atomic mass is 9.99. The van der Waals surface area contributed by atoms with Crippen LogP contribution < -0.4 is 5.69 Å². The lowest BCUT2D eigenvalue weighted by Crippen LogP contribution is -2.29. The van der Waals surface area contributed by atoms with Crippen LogP contribution in [-0.4, -0.2) is 20.6 Å². The van der Waals surface area contributed by atoms with Gasteiger partial charge in [-0.1, -0.05) is 33.1 Å². The number of aromatic nitrogens is 2. The van der Waals surface area contributed by atoms with Crippen LogP contribution in [-0.2, 0) is 17.8 Å². The number of carbonyl (C=O) groups is 1. The van der Waals surface area contributed by atoms with Crippen LogP contribution in [0.2, 0.25) is 0 Å². The Hall–Kier alpha value is -1.65. The van der Waals surface area contributed by atoms with Crippen LogP contribution in [0.1, 0.15) is 56.5 Å². The maximum atomic E-state index is 12.0. The van der Waals surface area contributed by atoms with Gasteiger partial charge in [0, 0.05) is 17.9 Å². The fraction of sp³-hybridized carbons (Fsp3) is 0.688. The minimum Gasteiger partial charge on any atom is -0.481 e. The summed E-state index contributed by atoms with van der Waals surface area (Å²) in [6.07, 6.45) is 4.77. The van der Waals surface area contributed by atoms with Crippen LogP contribution in [0.15, 0.2) is 4.79 Å². The second-order valence-electron chi connectivity index (χ2n) is 5.70. The van der Waals surface area contributed by atoms with Gasteiger partial charge in [0.1, 0.15) is 0 Å². The zero-order valence-corrected chi connectivity index (χ0v) is 13.5. The Morgan fingerprint density at radius 1 is 1.29 bits per heavy atom. The van der Waals surface area contributed by atoms with Gasteiger partial charge in [-0.3, -0.25) is 9.36 Å². The van der Waals surface area contributed by atoms with Crippen LogP contribution >= 0.6 is 0 Å². The van der Waals surface area contributed by atoms with Crippen LogP contribution in [0.5, 0.6) is 0 Å². The molecule has 0 fully saturated rings. The number of hydrogen-bond acceptors (Lipinski definition) is 3. The molecule has 1 N–H and O–H groups in total. The molecule has 0 aliphatic rings. The first-order valence-electron chi connectivity index (χ1n) is 7.68. The lowest BCUT2D eigenvalue weighted by molar-refractivity contribution is -0.141. The molecule has 5 heteroatoms. The number of aliphatic carboxylic acids is 1. The van der Waals surface area contributed by atoms with Crippen molar-refractivity contribution in [2.45, 2.75) is 66.3 Å². The van der Waals surface area contributed by atoms with Crippen molar-refractivity contribution >= 4 is 5.97 Å². The van der Waals surface area contributed by atoms with E-state index in [9.17, 15) is 9.59 Å². The normalized spacial score (nSPS) is 12.4. The average molecular weight is 294 g/mol. The van der Waals surface area contributed by atoms with E-state index in [1.165, 1.54) is 0 Å². The summed E-state index contributed by atoms with van der Waals surface area (Å²) in [4.78, 5) is 27.1. The van der Waals surface area contributed by atoms with Crippen LogP contribution in [0, 0.1) is 19.8 Å². The number of carboxylic acid groups (broad SMARTS) is 1. The Bertz CT molecular complexity index is 549. The molecule has 1 unspecified atom stereocenters. The molecule has 5 nitrogen and oxygen atoms in total. The van der Waals surface area contributed by atoms with Crippen LogP contribution in [0.25, 0.3) is 0 Å². The Morgan fingerprint density at radius 2 is 1.95 bits per heavy atom. The first-order chi connectivity index (χ1) is 9.88. The molecule has 0 saturated heterocycles. The second-order valence-corrected chi connectivity index (χ2v) is 5.70. The van der Waals surface area contributed by atoms with Gasteiger partial charge in [-0.2, -0.15) is 4.98 Å². The Kier molecular flexibility index (Phi) is 6.59. The van der Waals surface area contributed by atoms with Gasteiger partial charge in [0.2, 0.25) is 0 Å². The Balaban J connectivity index is 2.99. The molecule has 0 spiro atoms. The van der Waals surface area contributed by atoms with Crippen LogP contribution in [0.4, 0.5) is 0 Å². The highest BCUT2D eigenvalue weighted by atomic mass is 16.4. The SMILES string of the molecule is CCCCCCn1c(C)c(CC(C)C(=O)O)c(C)nc1=O. The van der Waals surface area contributed by atoms with Gasteiger partial charge in [0.25, 0.3) is 0 Å². The highest BCUT2D eigenvalue weighted by molar-refractivity contribution is 5.70. The highest BCUT2D eigenvalue weighted by Crippen LogP contribution is 2.16. The van der Waals surface area contributed by atoms with E-state index < -0.39 is 11.9 Å². The van der Waals surface area contributed by atoms with Gasteiger partial charge in [-0.25, -0.2) is 4.79 Å². The molecule has 1 atom stereocenters. The first kappa shape index (κ1) is 17.4. The van der Waals surface area contributed by atoms with E-state index in [0.29, 0.717) is 18.7 Å². The molecular weight excluding hydrogens is 268 g/mol. The van der Waals surface area contributed by atoms with Gasteiger partial charge in [0.15, 0.2) is 0 Å². The third kappa shape index (κ3) is 4.69. The van der Waals surface area contributed by atoms with Crippen molar-refractivity contribution in [2.75, 3.05) is 0 Å². The fourth-order valence-electron chi connectivity index (χ4n) is 2.49. The largest absolute Gasteiger partial charge is 0.481 e. The third-order valence-corrected chi connectivity index (χ3v) is 3.94. The molecule has 0 saturated carbocycles. The van der Waals surface area contributed by atoms with Gasteiger partial charge in [-0.05, 0) is 32.3 Å². The molecular formula is C16H26N2O3. The smallest absolute Gasteiger partial charge is 0.347 e. The van der Waals surface area contributed by atoms with Crippen molar-refractivity contribution in [2.24, 2.45) is 5.92 Å². The predicted molar refractivity (Wildman–Crippen MR) is 82.6 cm³/mol. The van der Waals surface area contributed by atoms with Gasteiger partial charge >= 0.3 is 11.7 Å². The minimum atomic E-state index is -0.825. The standard InChI is InChI=1S/C16H26N2O3/c1-5-6-7-8-9-18-13(4)14(10-11(2)15(19)20)12(3)17-16(18)21/h11H,5-10H2,1-4H3,(H,19,20).